The number of aryl methyl sites for hydroxylation is 4. The number of hydrogen-bond donors (Lipinski definition) is 0. The molecular formula is C20H26O2. The molecule has 2 nitrogen and oxygen atoms in total. The fraction of sp³-hybridized carbons (Fsp3) is 0.350. The van der Waals surface area contributed by atoms with Crippen molar-refractivity contribution in [1.29, 1.82) is 0 Å². The van der Waals surface area contributed by atoms with Crippen molar-refractivity contribution in [2.24, 2.45) is 0 Å². The monoisotopic (exact) mass is 298 g/mol. The van der Waals surface area contributed by atoms with Gasteiger partial charge in [-0.3, -0.25) is 0 Å². The van der Waals surface area contributed by atoms with E-state index in [4.69, 9.17) is 0 Å². The summed E-state index contributed by atoms with van der Waals surface area (Å²) in [6.07, 6.45) is 2.19. The van der Waals surface area contributed by atoms with Gasteiger partial charge in [0, 0.05) is 0 Å². The maximum Gasteiger partial charge on any atom is 0.337 e. The van der Waals surface area contributed by atoms with E-state index in [-0.39, 0.29) is 5.97 Å². The Kier molecular flexibility index (Phi) is 7.38. The third-order valence-corrected chi connectivity index (χ3v) is 3.50. The number of benzene rings is 2. The summed E-state index contributed by atoms with van der Waals surface area (Å²) >= 11 is 0. The predicted molar refractivity (Wildman–Crippen MR) is 92.4 cm³/mol. The second-order valence-corrected chi connectivity index (χ2v) is 5.54. The van der Waals surface area contributed by atoms with Crippen molar-refractivity contribution in [2.75, 3.05) is 7.11 Å². The van der Waals surface area contributed by atoms with Crippen LogP contribution in [0.4, 0.5) is 0 Å². The van der Waals surface area contributed by atoms with Gasteiger partial charge in [-0.15, -0.1) is 0 Å². The van der Waals surface area contributed by atoms with Crippen LogP contribution in [-0.4, -0.2) is 13.1 Å². The van der Waals surface area contributed by atoms with Gasteiger partial charge in [-0.1, -0.05) is 54.8 Å². The Balaban J connectivity index is 0.000000255. The second kappa shape index (κ2) is 9.04. The molecule has 0 aliphatic rings. The molecule has 0 N–H and O–H groups in total. The second-order valence-electron chi connectivity index (χ2n) is 5.54. The lowest BCUT2D eigenvalue weighted by Crippen LogP contribution is -2.02. The van der Waals surface area contributed by atoms with E-state index >= 15 is 0 Å². The molecule has 118 valence electrons. The largest absolute Gasteiger partial charge is 0.465 e. The number of methoxy groups -OCH3 is 1. The summed E-state index contributed by atoms with van der Waals surface area (Å²) < 4.78 is 4.65. The van der Waals surface area contributed by atoms with Gasteiger partial charge in [-0.25, -0.2) is 4.79 Å². The molecule has 0 amide bonds. The van der Waals surface area contributed by atoms with Crippen LogP contribution in [-0.2, 0) is 11.2 Å². The van der Waals surface area contributed by atoms with Crippen LogP contribution in [0, 0.1) is 20.8 Å². The van der Waals surface area contributed by atoms with Crippen LogP contribution in [0.25, 0.3) is 0 Å². The molecule has 0 aromatic heterocycles. The molecule has 0 spiro atoms. The minimum atomic E-state index is -0.267. The van der Waals surface area contributed by atoms with E-state index in [9.17, 15) is 4.79 Å². The molecule has 0 radical (unpaired) electrons. The first-order chi connectivity index (χ1) is 10.5. The molecule has 0 atom stereocenters. The number of carbonyl (C=O) groups excluding carboxylic acids is 1. The lowest BCUT2D eigenvalue weighted by Gasteiger charge is -2.06. The van der Waals surface area contributed by atoms with Crippen LogP contribution in [0.5, 0.6) is 0 Å². The fourth-order valence-corrected chi connectivity index (χ4v) is 2.13. The lowest BCUT2D eigenvalue weighted by atomic mass is 10.0. The molecule has 0 aliphatic carbocycles. The Labute approximate surface area is 134 Å². The summed E-state index contributed by atoms with van der Waals surface area (Å²) in [6, 6.07) is 14.2. The van der Waals surface area contributed by atoms with E-state index < -0.39 is 0 Å². The first kappa shape index (κ1) is 18.0. The van der Waals surface area contributed by atoms with Gasteiger partial charge in [0.2, 0.25) is 0 Å². The summed E-state index contributed by atoms with van der Waals surface area (Å²) in [7, 11) is 1.40. The first-order valence-corrected chi connectivity index (χ1v) is 7.69. The van der Waals surface area contributed by atoms with E-state index in [1.54, 1.807) is 0 Å². The van der Waals surface area contributed by atoms with E-state index in [1.807, 2.05) is 25.1 Å². The first-order valence-electron chi connectivity index (χ1n) is 7.69. The predicted octanol–water partition coefficient (Wildman–Crippen LogP) is 5.04. The van der Waals surface area contributed by atoms with Gasteiger partial charge in [0.25, 0.3) is 0 Å². The van der Waals surface area contributed by atoms with Crippen LogP contribution in [0.2, 0.25) is 0 Å². The highest BCUT2D eigenvalue weighted by Crippen LogP contribution is 2.13. The van der Waals surface area contributed by atoms with Gasteiger partial charge in [-0.2, -0.15) is 0 Å². The van der Waals surface area contributed by atoms with Crippen LogP contribution >= 0.6 is 0 Å². The average molecular weight is 298 g/mol. The maximum absolute atomic E-state index is 11.2. The smallest absolute Gasteiger partial charge is 0.337 e. The summed E-state index contributed by atoms with van der Waals surface area (Å²) in [5.41, 5.74) is 5.76. The van der Waals surface area contributed by atoms with Crippen LogP contribution in [0.1, 0.15) is 46.0 Å². The molecule has 0 saturated carbocycles. The van der Waals surface area contributed by atoms with E-state index in [2.05, 4.69) is 49.8 Å². The quantitative estimate of drug-likeness (QED) is 0.742. The Morgan fingerprint density at radius 1 is 0.955 bits per heavy atom. The molecule has 22 heavy (non-hydrogen) atoms. The molecule has 2 heteroatoms. The van der Waals surface area contributed by atoms with Crippen molar-refractivity contribution in [2.45, 2.75) is 40.5 Å². The zero-order chi connectivity index (χ0) is 16.5. The average Bonchev–Trinajstić information content (AvgIpc) is 2.52. The summed E-state index contributed by atoms with van der Waals surface area (Å²) in [5, 5.41) is 0. The van der Waals surface area contributed by atoms with E-state index in [1.165, 1.54) is 23.8 Å². The summed E-state index contributed by atoms with van der Waals surface area (Å²) in [4.78, 5) is 11.2. The number of ether oxygens (including phenoxy) is 1. The van der Waals surface area contributed by atoms with Crippen molar-refractivity contribution >= 4 is 5.97 Å². The number of rotatable bonds is 3. The Morgan fingerprint density at radius 2 is 1.50 bits per heavy atom. The summed E-state index contributed by atoms with van der Waals surface area (Å²) in [5.74, 6) is -0.267. The van der Waals surface area contributed by atoms with Gasteiger partial charge in [0.05, 0.1) is 12.7 Å². The Morgan fingerprint density at radius 3 is 1.91 bits per heavy atom. The van der Waals surface area contributed by atoms with Gasteiger partial charge in [0.15, 0.2) is 0 Å². The lowest BCUT2D eigenvalue weighted by molar-refractivity contribution is 0.0600. The Bertz CT molecular complexity index is 577. The zero-order valence-corrected chi connectivity index (χ0v) is 14.3. The molecule has 2 rings (SSSR count). The standard InChI is InChI=1S/C12H16O2.C8H10/c1-4-5-10-6-7-11(8-9(10)2)12(13)14-3;1-7-3-5-8(2)6-4-7/h6-8H,4-5H2,1-3H3;3-6H,1-2H3. The van der Waals surface area contributed by atoms with Crippen molar-refractivity contribution in [3.63, 3.8) is 0 Å². The van der Waals surface area contributed by atoms with Gasteiger partial charge in [-0.05, 0) is 50.5 Å². The van der Waals surface area contributed by atoms with Crippen molar-refractivity contribution in [1.82, 2.24) is 0 Å². The van der Waals surface area contributed by atoms with Gasteiger partial charge in [0.1, 0.15) is 0 Å². The van der Waals surface area contributed by atoms with Crippen molar-refractivity contribution in [3.05, 3.63) is 70.3 Å². The molecule has 0 saturated heterocycles. The highest BCUT2D eigenvalue weighted by molar-refractivity contribution is 5.89. The van der Waals surface area contributed by atoms with E-state index in [0.29, 0.717) is 5.56 Å². The van der Waals surface area contributed by atoms with Crippen molar-refractivity contribution < 1.29 is 9.53 Å². The molecule has 0 unspecified atom stereocenters. The Hall–Kier alpha value is -2.09. The third-order valence-electron chi connectivity index (χ3n) is 3.50. The maximum atomic E-state index is 11.2. The minimum absolute atomic E-state index is 0.267. The van der Waals surface area contributed by atoms with Crippen LogP contribution in [0.15, 0.2) is 42.5 Å². The fourth-order valence-electron chi connectivity index (χ4n) is 2.13. The normalized spacial score (nSPS) is 9.68. The highest BCUT2D eigenvalue weighted by atomic mass is 16.5. The highest BCUT2D eigenvalue weighted by Gasteiger charge is 2.06. The van der Waals surface area contributed by atoms with Crippen LogP contribution in [0.3, 0.4) is 0 Å². The van der Waals surface area contributed by atoms with E-state index in [0.717, 1.165) is 18.4 Å². The topological polar surface area (TPSA) is 26.3 Å². The third kappa shape index (κ3) is 5.72. The number of esters is 1. The summed E-state index contributed by atoms with van der Waals surface area (Å²) in [6.45, 7) is 8.37. The van der Waals surface area contributed by atoms with Crippen molar-refractivity contribution in [3.8, 4) is 0 Å². The molecule has 0 fully saturated rings. The molecule has 0 heterocycles. The molecule has 2 aromatic carbocycles. The zero-order valence-electron chi connectivity index (χ0n) is 14.3. The molecule has 0 bridgehead atoms. The minimum Gasteiger partial charge on any atom is -0.465 e. The molecule has 2 aromatic rings. The molecular weight excluding hydrogens is 272 g/mol. The number of hydrogen-bond acceptors (Lipinski definition) is 2. The number of carbonyl (C=O) groups is 1. The van der Waals surface area contributed by atoms with Gasteiger partial charge >= 0.3 is 5.97 Å². The molecule has 0 aliphatic heterocycles. The van der Waals surface area contributed by atoms with Crippen LogP contribution < -0.4 is 0 Å². The van der Waals surface area contributed by atoms with Gasteiger partial charge < -0.3 is 4.74 Å². The SMILES string of the molecule is CCCc1ccc(C(=O)OC)cc1C.Cc1ccc(C)cc1.